The molecule has 0 bridgehead atoms. The highest BCUT2D eigenvalue weighted by Crippen LogP contribution is 2.26. The van der Waals surface area contributed by atoms with E-state index in [4.69, 9.17) is 0 Å². The summed E-state index contributed by atoms with van der Waals surface area (Å²) >= 11 is 0. The highest BCUT2D eigenvalue weighted by atomic mass is 14.9. The van der Waals surface area contributed by atoms with Crippen LogP contribution in [-0.4, -0.2) is 13.1 Å². The van der Waals surface area contributed by atoms with Crippen molar-refractivity contribution in [1.29, 1.82) is 0 Å². The first-order chi connectivity index (χ1) is 9.40. The van der Waals surface area contributed by atoms with Gasteiger partial charge >= 0.3 is 0 Å². The average Bonchev–Trinajstić information content (AvgIpc) is 2.42. The molecular weight excluding hydrogens is 230 g/mol. The minimum Gasteiger partial charge on any atom is -0.317 e. The van der Waals surface area contributed by atoms with Crippen molar-refractivity contribution in [2.24, 2.45) is 5.92 Å². The van der Waals surface area contributed by atoms with Gasteiger partial charge < -0.3 is 5.32 Å². The van der Waals surface area contributed by atoms with Gasteiger partial charge in [0.05, 0.1) is 0 Å². The van der Waals surface area contributed by atoms with E-state index in [-0.39, 0.29) is 0 Å². The maximum atomic E-state index is 3.59. The molecule has 2 rings (SSSR count). The molecule has 19 heavy (non-hydrogen) atoms. The molecule has 1 aliphatic rings. The third-order valence-electron chi connectivity index (χ3n) is 4.68. The van der Waals surface area contributed by atoms with E-state index in [1.165, 1.54) is 63.4 Å². The standard InChI is InChI=1S/C18H29N/c1-19-18(15-14-16-10-6-5-7-11-16)17-12-8-3-2-4-9-13-17/h5-7,10-11,17-19H,2-4,8-9,12-15H2,1H3. The predicted octanol–water partition coefficient (Wildman–Crippen LogP) is 4.57. The summed E-state index contributed by atoms with van der Waals surface area (Å²) in [4.78, 5) is 0. The van der Waals surface area contributed by atoms with Crippen molar-refractivity contribution in [3.63, 3.8) is 0 Å². The van der Waals surface area contributed by atoms with Gasteiger partial charge in [0.25, 0.3) is 0 Å². The molecule has 0 radical (unpaired) electrons. The Kier molecular flexibility index (Phi) is 6.43. The molecule has 0 saturated heterocycles. The van der Waals surface area contributed by atoms with Gasteiger partial charge in [-0.1, -0.05) is 62.4 Å². The summed E-state index contributed by atoms with van der Waals surface area (Å²) in [5, 5.41) is 3.59. The van der Waals surface area contributed by atoms with E-state index in [1.807, 2.05) is 0 Å². The molecule has 1 heteroatoms. The summed E-state index contributed by atoms with van der Waals surface area (Å²) in [5.74, 6) is 0.897. The zero-order valence-corrected chi connectivity index (χ0v) is 12.4. The predicted molar refractivity (Wildman–Crippen MR) is 83.4 cm³/mol. The first-order valence-electron chi connectivity index (χ1n) is 8.11. The molecule has 0 amide bonds. The van der Waals surface area contributed by atoms with Crippen molar-refractivity contribution in [1.82, 2.24) is 5.32 Å². The van der Waals surface area contributed by atoms with Crippen LogP contribution in [0.5, 0.6) is 0 Å². The molecule has 0 spiro atoms. The number of hydrogen-bond acceptors (Lipinski definition) is 1. The number of nitrogens with one attached hydrogen (secondary N) is 1. The highest BCUT2D eigenvalue weighted by molar-refractivity contribution is 5.14. The van der Waals surface area contributed by atoms with Crippen LogP contribution in [0.2, 0.25) is 0 Å². The van der Waals surface area contributed by atoms with Crippen LogP contribution in [0, 0.1) is 5.92 Å². The number of hydrogen-bond donors (Lipinski definition) is 1. The molecule has 1 aromatic rings. The Morgan fingerprint density at radius 1 is 1.00 bits per heavy atom. The maximum absolute atomic E-state index is 3.59. The summed E-state index contributed by atoms with van der Waals surface area (Å²) in [7, 11) is 2.15. The summed E-state index contributed by atoms with van der Waals surface area (Å²) in [6.07, 6.45) is 12.6. The molecule has 0 aliphatic heterocycles. The van der Waals surface area contributed by atoms with Crippen molar-refractivity contribution in [2.45, 2.75) is 63.8 Å². The quantitative estimate of drug-likeness (QED) is 0.817. The van der Waals surface area contributed by atoms with E-state index >= 15 is 0 Å². The van der Waals surface area contributed by atoms with Gasteiger partial charge in [0, 0.05) is 6.04 Å². The lowest BCUT2D eigenvalue weighted by Gasteiger charge is -2.28. The molecular formula is C18H29N. The molecule has 1 unspecified atom stereocenters. The van der Waals surface area contributed by atoms with Crippen molar-refractivity contribution < 1.29 is 0 Å². The summed E-state index contributed by atoms with van der Waals surface area (Å²) in [5.41, 5.74) is 1.48. The van der Waals surface area contributed by atoms with Crippen molar-refractivity contribution in [3.05, 3.63) is 35.9 Å². The van der Waals surface area contributed by atoms with Gasteiger partial charge in [-0.05, 0) is 44.2 Å². The van der Waals surface area contributed by atoms with Crippen LogP contribution in [0.25, 0.3) is 0 Å². The Balaban J connectivity index is 1.84. The van der Waals surface area contributed by atoms with Crippen molar-refractivity contribution in [2.75, 3.05) is 7.05 Å². The Hall–Kier alpha value is -0.820. The van der Waals surface area contributed by atoms with Gasteiger partial charge in [-0.25, -0.2) is 0 Å². The third kappa shape index (κ3) is 4.99. The third-order valence-corrected chi connectivity index (χ3v) is 4.68. The lowest BCUT2D eigenvalue weighted by Crippen LogP contribution is -2.34. The van der Waals surface area contributed by atoms with Crippen LogP contribution in [0.3, 0.4) is 0 Å². The van der Waals surface area contributed by atoms with Crippen LogP contribution in [0.4, 0.5) is 0 Å². The van der Waals surface area contributed by atoms with E-state index in [1.54, 1.807) is 0 Å². The second-order valence-corrected chi connectivity index (χ2v) is 6.02. The monoisotopic (exact) mass is 259 g/mol. The van der Waals surface area contributed by atoms with E-state index < -0.39 is 0 Å². The Labute approximate surface area is 118 Å². The smallest absolute Gasteiger partial charge is 0.00954 e. The van der Waals surface area contributed by atoms with Crippen LogP contribution in [0.15, 0.2) is 30.3 Å². The van der Waals surface area contributed by atoms with E-state index in [2.05, 4.69) is 42.7 Å². The number of benzene rings is 1. The van der Waals surface area contributed by atoms with Gasteiger partial charge in [-0.2, -0.15) is 0 Å². The molecule has 1 aliphatic carbocycles. The molecule has 0 heterocycles. The molecule has 0 aromatic heterocycles. The van der Waals surface area contributed by atoms with Crippen LogP contribution in [-0.2, 0) is 6.42 Å². The summed E-state index contributed by atoms with van der Waals surface area (Å²) in [6, 6.07) is 11.6. The minimum absolute atomic E-state index is 0.707. The minimum atomic E-state index is 0.707. The number of rotatable bonds is 5. The lowest BCUT2D eigenvalue weighted by atomic mass is 9.83. The second kappa shape index (κ2) is 8.37. The molecule has 1 fully saturated rings. The molecule has 1 N–H and O–H groups in total. The summed E-state index contributed by atoms with van der Waals surface area (Å²) < 4.78 is 0. The maximum Gasteiger partial charge on any atom is 0.00954 e. The Bertz CT molecular complexity index is 325. The zero-order chi connectivity index (χ0) is 13.3. The Morgan fingerprint density at radius 3 is 2.26 bits per heavy atom. The highest BCUT2D eigenvalue weighted by Gasteiger charge is 2.20. The topological polar surface area (TPSA) is 12.0 Å². The van der Waals surface area contributed by atoms with Gasteiger partial charge in [0.15, 0.2) is 0 Å². The fraction of sp³-hybridized carbons (Fsp3) is 0.667. The second-order valence-electron chi connectivity index (χ2n) is 6.02. The molecule has 1 atom stereocenters. The van der Waals surface area contributed by atoms with Crippen molar-refractivity contribution in [3.8, 4) is 0 Å². The molecule has 1 saturated carbocycles. The lowest BCUT2D eigenvalue weighted by molar-refractivity contribution is 0.284. The van der Waals surface area contributed by atoms with Gasteiger partial charge in [-0.3, -0.25) is 0 Å². The normalized spacial score (nSPS) is 19.6. The fourth-order valence-electron chi connectivity index (χ4n) is 3.47. The molecule has 106 valence electrons. The van der Waals surface area contributed by atoms with Crippen molar-refractivity contribution >= 4 is 0 Å². The van der Waals surface area contributed by atoms with Crippen LogP contribution >= 0.6 is 0 Å². The van der Waals surface area contributed by atoms with E-state index in [0.717, 1.165) is 5.92 Å². The average molecular weight is 259 g/mol. The number of aryl methyl sites for hydroxylation is 1. The van der Waals surface area contributed by atoms with Gasteiger partial charge in [0.2, 0.25) is 0 Å². The van der Waals surface area contributed by atoms with E-state index in [0.29, 0.717) is 6.04 Å². The van der Waals surface area contributed by atoms with Crippen LogP contribution < -0.4 is 5.32 Å². The fourth-order valence-corrected chi connectivity index (χ4v) is 3.47. The van der Waals surface area contributed by atoms with Crippen LogP contribution in [0.1, 0.15) is 56.9 Å². The SMILES string of the molecule is CNC(CCc1ccccc1)C1CCCCCCC1. The Morgan fingerprint density at radius 2 is 1.63 bits per heavy atom. The van der Waals surface area contributed by atoms with Gasteiger partial charge in [-0.15, -0.1) is 0 Å². The summed E-state index contributed by atoms with van der Waals surface area (Å²) in [6.45, 7) is 0. The molecule has 1 aromatic carbocycles. The molecule has 1 nitrogen and oxygen atoms in total. The largest absolute Gasteiger partial charge is 0.317 e. The zero-order valence-electron chi connectivity index (χ0n) is 12.4. The van der Waals surface area contributed by atoms with Gasteiger partial charge in [0.1, 0.15) is 0 Å². The van der Waals surface area contributed by atoms with E-state index in [9.17, 15) is 0 Å². The first-order valence-corrected chi connectivity index (χ1v) is 8.11. The first kappa shape index (κ1) is 14.6.